The summed E-state index contributed by atoms with van der Waals surface area (Å²) in [5.74, 6) is 0.897. The van der Waals surface area contributed by atoms with Crippen molar-refractivity contribution < 1.29 is 9.53 Å². The normalized spacial score (nSPS) is 14.0. The van der Waals surface area contributed by atoms with Crippen molar-refractivity contribution in [3.8, 4) is 16.8 Å². The molecule has 0 bridgehead atoms. The van der Waals surface area contributed by atoms with Gasteiger partial charge in [-0.3, -0.25) is 0 Å². The third-order valence-corrected chi connectivity index (χ3v) is 6.03. The van der Waals surface area contributed by atoms with Gasteiger partial charge in [-0.05, 0) is 37.1 Å². The van der Waals surface area contributed by atoms with Gasteiger partial charge in [0.25, 0.3) is 0 Å². The number of hydrogen-bond donors (Lipinski definition) is 0. The summed E-state index contributed by atoms with van der Waals surface area (Å²) in [7, 11) is 0. The maximum Gasteiger partial charge on any atom is 0.409 e. The molecule has 1 fully saturated rings. The lowest BCUT2D eigenvalue weighted by molar-refractivity contribution is 0.105. The smallest absolute Gasteiger partial charge is 0.409 e. The van der Waals surface area contributed by atoms with Crippen molar-refractivity contribution in [1.82, 2.24) is 19.4 Å². The first-order chi connectivity index (χ1) is 16.2. The van der Waals surface area contributed by atoms with Crippen LogP contribution in [0.2, 0.25) is 0 Å². The maximum atomic E-state index is 12.1. The average molecular weight is 442 g/mol. The molecule has 7 heteroatoms. The third kappa shape index (κ3) is 4.02. The zero-order valence-corrected chi connectivity index (χ0v) is 18.9. The van der Waals surface area contributed by atoms with Crippen LogP contribution < -0.4 is 4.90 Å². The summed E-state index contributed by atoms with van der Waals surface area (Å²) in [6, 6.07) is 18.8. The van der Waals surface area contributed by atoms with Crippen molar-refractivity contribution in [2.24, 2.45) is 0 Å². The topological polar surface area (TPSA) is 63.5 Å². The Hall–Kier alpha value is -3.87. The Bertz CT molecular complexity index is 1280. The fourth-order valence-corrected chi connectivity index (χ4v) is 4.41. The quantitative estimate of drug-likeness (QED) is 0.460. The molecule has 0 saturated carbocycles. The van der Waals surface area contributed by atoms with Gasteiger partial charge in [0.05, 0.1) is 12.0 Å². The highest BCUT2D eigenvalue weighted by Gasteiger charge is 2.26. The number of anilines is 1. The molecular formula is C26H27N5O2. The second kappa shape index (κ2) is 8.94. The summed E-state index contributed by atoms with van der Waals surface area (Å²) in [4.78, 5) is 25.5. The Kier molecular flexibility index (Phi) is 5.69. The van der Waals surface area contributed by atoms with E-state index in [2.05, 4.69) is 59.0 Å². The van der Waals surface area contributed by atoms with E-state index in [4.69, 9.17) is 14.7 Å². The molecule has 3 heterocycles. The molecule has 5 rings (SSSR count). The highest BCUT2D eigenvalue weighted by Crippen LogP contribution is 2.37. The summed E-state index contributed by atoms with van der Waals surface area (Å²) in [6.45, 7) is 6.89. The van der Waals surface area contributed by atoms with Gasteiger partial charge in [-0.1, -0.05) is 42.5 Å². The van der Waals surface area contributed by atoms with Gasteiger partial charge in [-0.25, -0.2) is 14.8 Å². The van der Waals surface area contributed by atoms with Crippen LogP contribution in [0.1, 0.15) is 12.5 Å². The molecule has 7 nitrogen and oxygen atoms in total. The van der Waals surface area contributed by atoms with Gasteiger partial charge < -0.3 is 19.1 Å². The zero-order chi connectivity index (χ0) is 22.8. The predicted molar refractivity (Wildman–Crippen MR) is 130 cm³/mol. The summed E-state index contributed by atoms with van der Waals surface area (Å²) in [5.41, 5.74) is 5.35. The molecule has 0 radical (unpaired) electrons. The highest BCUT2D eigenvalue weighted by atomic mass is 16.6. The van der Waals surface area contributed by atoms with Crippen LogP contribution in [-0.2, 0) is 4.74 Å². The van der Waals surface area contributed by atoms with Gasteiger partial charge in [-0.2, -0.15) is 0 Å². The lowest BCUT2D eigenvalue weighted by Gasteiger charge is -2.35. The van der Waals surface area contributed by atoms with E-state index in [1.807, 2.05) is 25.1 Å². The first-order valence-electron chi connectivity index (χ1n) is 11.3. The van der Waals surface area contributed by atoms with E-state index in [0.29, 0.717) is 32.8 Å². The van der Waals surface area contributed by atoms with Gasteiger partial charge in [0.15, 0.2) is 5.65 Å². The molecule has 0 atom stereocenters. The number of nitrogens with zero attached hydrogens (tertiary/aromatic N) is 5. The van der Waals surface area contributed by atoms with Gasteiger partial charge >= 0.3 is 6.09 Å². The van der Waals surface area contributed by atoms with Crippen LogP contribution in [0, 0.1) is 6.92 Å². The zero-order valence-electron chi connectivity index (χ0n) is 18.9. The largest absolute Gasteiger partial charge is 0.450 e. The number of aryl methyl sites for hydroxylation is 1. The van der Waals surface area contributed by atoms with E-state index < -0.39 is 0 Å². The molecule has 0 aliphatic carbocycles. The Labute approximate surface area is 193 Å². The number of benzene rings is 2. The van der Waals surface area contributed by atoms with Gasteiger partial charge in [0.1, 0.15) is 12.1 Å². The van der Waals surface area contributed by atoms with E-state index in [-0.39, 0.29) is 6.09 Å². The number of carbonyl (C=O) groups excluding carboxylic acids is 1. The van der Waals surface area contributed by atoms with Crippen LogP contribution in [-0.4, -0.2) is 58.3 Å². The molecule has 2 aromatic carbocycles. The standard InChI is InChI=1S/C26H27N5O2/c1-3-33-26(32)30-14-12-29(13-15-30)24-23-22(20-9-5-4-6-10-20)17-31(25(23)28-18-27-24)21-11-7-8-19(2)16-21/h4-11,16-18H,3,12-15H2,1-2H3. The number of ether oxygens (including phenoxy) is 1. The Morgan fingerprint density at radius 1 is 1.00 bits per heavy atom. The molecule has 1 aliphatic rings. The first kappa shape index (κ1) is 21.0. The average Bonchev–Trinajstić information content (AvgIpc) is 3.25. The van der Waals surface area contributed by atoms with Crippen molar-refractivity contribution >= 4 is 22.9 Å². The van der Waals surface area contributed by atoms with Crippen LogP contribution >= 0.6 is 0 Å². The summed E-state index contributed by atoms with van der Waals surface area (Å²) in [6.07, 6.45) is 3.54. The van der Waals surface area contributed by atoms with E-state index >= 15 is 0 Å². The fraction of sp³-hybridized carbons (Fsp3) is 0.269. The van der Waals surface area contributed by atoms with E-state index in [1.54, 1.807) is 11.2 Å². The molecule has 0 N–H and O–H groups in total. The second-order valence-corrected chi connectivity index (χ2v) is 8.19. The molecule has 2 aromatic heterocycles. The monoisotopic (exact) mass is 441 g/mol. The van der Waals surface area contributed by atoms with Gasteiger partial charge in [-0.15, -0.1) is 0 Å². The van der Waals surface area contributed by atoms with Gasteiger partial charge in [0, 0.05) is 43.6 Å². The molecule has 168 valence electrons. The molecular weight excluding hydrogens is 414 g/mol. The minimum atomic E-state index is -0.249. The lowest BCUT2D eigenvalue weighted by atomic mass is 10.1. The fourth-order valence-electron chi connectivity index (χ4n) is 4.41. The minimum absolute atomic E-state index is 0.249. The molecule has 1 aliphatic heterocycles. The Balaban J connectivity index is 1.60. The Morgan fingerprint density at radius 2 is 1.79 bits per heavy atom. The molecule has 4 aromatic rings. The summed E-state index contributed by atoms with van der Waals surface area (Å²) >= 11 is 0. The second-order valence-electron chi connectivity index (χ2n) is 8.19. The lowest BCUT2D eigenvalue weighted by Crippen LogP contribution is -2.49. The number of aromatic nitrogens is 3. The van der Waals surface area contributed by atoms with E-state index in [1.165, 1.54) is 5.56 Å². The van der Waals surface area contributed by atoms with E-state index in [0.717, 1.165) is 33.7 Å². The predicted octanol–water partition coefficient (Wildman–Crippen LogP) is 4.67. The number of fused-ring (bicyclic) bond motifs is 1. The van der Waals surface area contributed by atoms with Crippen molar-refractivity contribution in [3.63, 3.8) is 0 Å². The molecule has 1 amide bonds. The number of carbonyl (C=O) groups is 1. The van der Waals surface area contributed by atoms with Crippen LogP contribution in [0.5, 0.6) is 0 Å². The van der Waals surface area contributed by atoms with Crippen molar-refractivity contribution in [3.05, 3.63) is 72.7 Å². The third-order valence-electron chi connectivity index (χ3n) is 6.03. The minimum Gasteiger partial charge on any atom is -0.450 e. The Morgan fingerprint density at radius 3 is 2.52 bits per heavy atom. The number of piperazine rings is 1. The molecule has 33 heavy (non-hydrogen) atoms. The van der Waals surface area contributed by atoms with Crippen molar-refractivity contribution in [1.29, 1.82) is 0 Å². The van der Waals surface area contributed by atoms with Gasteiger partial charge in [0.2, 0.25) is 0 Å². The van der Waals surface area contributed by atoms with Crippen molar-refractivity contribution in [2.75, 3.05) is 37.7 Å². The summed E-state index contributed by atoms with van der Waals surface area (Å²) in [5, 5.41) is 1.02. The van der Waals surface area contributed by atoms with Crippen molar-refractivity contribution in [2.45, 2.75) is 13.8 Å². The van der Waals surface area contributed by atoms with Crippen LogP contribution in [0.4, 0.5) is 10.6 Å². The van der Waals surface area contributed by atoms with Crippen LogP contribution in [0.3, 0.4) is 0 Å². The maximum absolute atomic E-state index is 12.1. The SMILES string of the molecule is CCOC(=O)N1CCN(c2ncnc3c2c(-c2ccccc2)cn3-c2cccc(C)c2)CC1. The van der Waals surface area contributed by atoms with Crippen LogP contribution in [0.25, 0.3) is 27.8 Å². The number of hydrogen-bond acceptors (Lipinski definition) is 5. The summed E-state index contributed by atoms with van der Waals surface area (Å²) < 4.78 is 7.31. The number of amides is 1. The van der Waals surface area contributed by atoms with E-state index in [9.17, 15) is 4.79 Å². The first-order valence-corrected chi connectivity index (χ1v) is 11.3. The number of rotatable bonds is 4. The molecule has 0 spiro atoms. The molecule has 1 saturated heterocycles. The molecule has 0 unspecified atom stereocenters. The van der Waals surface area contributed by atoms with Crippen LogP contribution in [0.15, 0.2) is 67.1 Å². The highest BCUT2D eigenvalue weighted by molar-refractivity contribution is 6.02.